The number of nitrogens with one attached hydrogen (secondary N) is 1. The van der Waals surface area contributed by atoms with E-state index in [0.29, 0.717) is 42.6 Å². The first kappa shape index (κ1) is 35.3. The Balaban J connectivity index is 1.25. The molecule has 2 atom stereocenters. The Morgan fingerprint density at radius 3 is 2.56 bits per heavy atom. The van der Waals surface area contributed by atoms with Gasteiger partial charge < -0.3 is 14.8 Å². The van der Waals surface area contributed by atoms with E-state index < -0.39 is 31.6 Å². The van der Waals surface area contributed by atoms with E-state index in [0.717, 1.165) is 41.4 Å². The molecule has 2 aromatic carbocycles. The Morgan fingerprint density at radius 1 is 1.14 bits per heavy atom. The number of carbonyl (C=O) groups excluding carboxylic acids is 2. The maximum absolute atomic E-state index is 14.2. The van der Waals surface area contributed by atoms with Gasteiger partial charge in [0.15, 0.2) is 5.69 Å². The predicted molar refractivity (Wildman–Crippen MR) is 191 cm³/mol. The van der Waals surface area contributed by atoms with Gasteiger partial charge in [0.25, 0.3) is 0 Å². The van der Waals surface area contributed by atoms with E-state index in [-0.39, 0.29) is 22.9 Å². The number of hydrogen-bond donors (Lipinski definition) is 1. The van der Waals surface area contributed by atoms with Gasteiger partial charge in [-0.25, -0.2) is 18.7 Å². The molecule has 0 saturated heterocycles. The Morgan fingerprint density at radius 2 is 1.88 bits per heavy atom. The van der Waals surface area contributed by atoms with Crippen LogP contribution in [0, 0.1) is 31.0 Å². The highest BCUT2D eigenvalue weighted by atomic mass is 28.3. The molecule has 2 aromatic heterocycles. The third-order valence-electron chi connectivity index (χ3n) is 9.69. The van der Waals surface area contributed by atoms with E-state index in [4.69, 9.17) is 19.2 Å². The van der Waals surface area contributed by atoms with E-state index in [1.54, 1.807) is 6.07 Å². The Hall–Kier alpha value is -4.49. The summed E-state index contributed by atoms with van der Waals surface area (Å²) in [5, 5.41) is 15.4. The summed E-state index contributed by atoms with van der Waals surface area (Å²) in [6, 6.07) is 13.1. The summed E-state index contributed by atoms with van der Waals surface area (Å²) in [5.74, 6) is -2.41. The molecule has 1 aliphatic carbocycles. The van der Waals surface area contributed by atoms with Crippen LogP contribution in [0.15, 0.2) is 52.1 Å². The van der Waals surface area contributed by atoms with Crippen molar-refractivity contribution in [2.24, 2.45) is 16.3 Å². The zero-order valence-electron chi connectivity index (χ0n) is 29.7. The summed E-state index contributed by atoms with van der Waals surface area (Å²) in [6.07, 6.45) is 3.05. The summed E-state index contributed by atoms with van der Waals surface area (Å²) in [4.78, 5) is 31.7. The number of nitrogens with zero attached hydrogens (tertiary/aromatic N) is 5. The van der Waals surface area contributed by atoms with Crippen molar-refractivity contribution >= 4 is 31.8 Å². The maximum Gasteiger partial charge on any atom is 0.300 e. The molecular formula is C37H45FN6O5Si. The van der Waals surface area contributed by atoms with Crippen molar-refractivity contribution in [3.63, 3.8) is 0 Å². The summed E-state index contributed by atoms with van der Waals surface area (Å²) < 4.78 is 32.9. The van der Waals surface area contributed by atoms with Gasteiger partial charge in [0, 0.05) is 61.2 Å². The first-order valence-electron chi connectivity index (χ1n) is 17.1. The van der Waals surface area contributed by atoms with Gasteiger partial charge >= 0.3 is 5.91 Å². The SMILES string of the molecule is Cc1nn(COCC[Si](C)(C)C)c(C)c1-c1ccc(NC(=O)C(C=NC(=O)c2nonc2C(C)C)C2c3ccc(F)cc3OCC23CC3)cc1. The summed E-state index contributed by atoms with van der Waals surface area (Å²) in [5.41, 5.74) is 5.24. The molecule has 2 amide bonds. The van der Waals surface area contributed by atoms with Gasteiger partial charge in [-0.05, 0) is 67.2 Å². The highest BCUT2D eigenvalue weighted by Crippen LogP contribution is 2.62. The first-order chi connectivity index (χ1) is 23.8. The van der Waals surface area contributed by atoms with Crippen molar-refractivity contribution < 1.29 is 28.1 Å². The van der Waals surface area contributed by atoms with Gasteiger partial charge in [-0.3, -0.25) is 9.59 Å². The summed E-state index contributed by atoms with van der Waals surface area (Å²) >= 11 is 0. The molecule has 264 valence electrons. The zero-order chi connectivity index (χ0) is 35.8. The quantitative estimate of drug-likeness (QED) is 0.0910. The number of carbonyl (C=O) groups is 2. The summed E-state index contributed by atoms with van der Waals surface area (Å²) in [6.45, 7) is 16.2. The van der Waals surface area contributed by atoms with Crippen LogP contribution < -0.4 is 10.1 Å². The molecule has 4 aromatic rings. The smallest absolute Gasteiger partial charge is 0.300 e. The number of halogens is 1. The fourth-order valence-electron chi connectivity index (χ4n) is 6.67. The van der Waals surface area contributed by atoms with Crippen molar-refractivity contribution in [1.82, 2.24) is 20.1 Å². The summed E-state index contributed by atoms with van der Waals surface area (Å²) in [7, 11) is -1.19. The lowest BCUT2D eigenvalue weighted by Gasteiger charge is -2.37. The van der Waals surface area contributed by atoms with Crippen LogP contribution in [0.5, 0.6) is 5.75 Å². The molecule has 1 spiro atoms. The average molecular weight is 701 g/mol. The number of amides is 2. The van der Waals surface area contributed by atoms with Gasteiger partial charge in [0.05, 0.1) is 18.2 Å². The van der Waals surface area contributed by atoms with Crippen molar-refractivity contribution in [3.8, 4) is 16.9 Å². The van der Waals surface area contributed by atoms with Gasteiger partial charge in [-0.15, -0.1) is 0 Å². The van der Waals surface area contributed by atoms with Crippen LogP contribution >= 0.6 is 0 Å². The van der Waals surface area contributed by atoms with Crippen molar-refractivity contribution in [1.29, 1.82) is 0 Å². The predicted octanol–water partition coefficient (Wildman–Crippen LogP) is 7.55. The number of aromatic nitrogens is 4. The number of hydrogen-bond acceptors (Lipinski definition) is 8. The molecule has 3 heterocycles. The maximum atomic E-state index is 14.2. The number of benzene rings is 2. The molecule has 2 aliphatic rings. The fourth-order valence-corrected chi connectivity index (χ4v) is 7.43. The topological polar surface area (TPSA) is 134 Å². The molecule has 11 nitrogen and oxygen atoms in total. The minimum absolute atomic E-state index is 0.00798. The van der Waals surface area contributed by atoms with E-state index in [2.05, 4.69) is 40.3 Å². The number of anilines is 1. The highest BCUT2D eigenvalue weighted by molar-refractivity contribution is 6.76. The molecule has 1 saturated carbocycles. The molecule has 1 N–H and O–H groups in total. The van der Waals surface area contributed by atoms with E-state index >= 15 is 0 Å². The molecule has 1 aliphatic heterocycles. The molecule has 2 unspecified atom stereocenters. The lowest BCUT2D eigenvalue weighted by Crippen LogP contribution is -2.39. The first-order valence-corrected chi connectivity index (χ1v) is 20.8. The normalized spacial score (nSPS) is 17.2. The third kappa shape index (κ3) is 7.48. The van der Waals surface area contributed by atoms with E-state index in [1.807, 2.05) is 56.6 Å². The molecule has 6 rings (SSSR count). The lowest BCUT2D eigenvalue weighted by atomic mass is 9.73. The number of ether oxygens (including phenoxy) is 2. The van der Waals surface area contributed by atoms with Crippen LogP contribution in [0.1, 0.15) is 71.7 Å². The van der Waals surface area contributed by atoms with Crippen molar-refractivity contribution in [3.05, 3.63) is 76.6 Å². The van der Waals surface area contributed by atoms with Crippen LogP contribution in [0.2, 0.25) is 25.7 Å². The molecule has 0 radical (unpaired) electrons. The van der Waals surface area contributed by atoms with Crippen LogP contribution in [0.25, 0.3) is 11.1 Å². The second kappa shape index (κ2) is 14.0. The number of rotatable bonds is 12. The largest absolute Gasteiger partial charge is 0.493 e. The average Bonchev–Trinajstić information content (AvgIpc) is 3.52. The number of aryl methyl sites for hydroxylation is 1. The number of fused-ring (bicyclic) bond motifs is 1. The van der Waals surface area contributed by atoms with Crippen LogP contribution in [-0.2, 0) is 16.3 Å². The van der Waals surface area contributed by atoms with Gasteiger partial charge in [-0.2, -0.15) is 5.10 Å². The van der Waals surface area contributed by atoms with Crippen LogP contribution in [-0.4, -0.2) is 59.4 Å². The second-order valence-corrected chi connectivity index (χ2v) is 20.7. The minimum atomic E-state index is -1.19. The monoisotopic (exact) mass is 700 g/mol. The Bertz CT molecular complexity index is 1910. The van der Waals surface area contributed by atoms with E-state index in [1.165, 1.54) is 18.3 Å². The number of aliphatic imine (C=N–C) groups is 1. The minimum Gasteiger partial charge on any atom is -0.493 e. The Labute approximate surface area is 292 Å². The highest BCUT2D eigenvalue weighted by Gasteiger charge is 2.57. The lowest BCUT2D eigenvalue weighted by molar-refractivity contribution is -0.119. The molecular weight excluding hydrogens is 656 g/mol. The zero-order valence-corrected chi connectivity index (χ0v) is 30.7. The van der Waals surface area contributed by atoms with Gasteiger partial charge in [0.2, 0.25) is 5.91 Å². The van der Waals surface area contributed by atoms with Crippen LogP contribution in [0.3, 0.4) is 0 Å². The molecule has 1 fully saturated rings. The standard InChI is InChI=1S/C37H45FN6O5Si/c1-22(2)33-34(43-49-42-33)36(46)39-19-29(32-28-13-10-26(38)18-30(28)48-20-37(32)14-15-37)35(45)40-27-11-8-25(9-12-27)31-23(3)41-44(24(31)4)21-47-16-17-50(5,6)7/h8-13,18-19,22,29,32H,14-17,20-21H2,1-7H3,(H,40,45). The molecule has 50 heavy (non-hydrogen) atoms. The van der Waals surface area contributed by atoms with Crippen LogP contribution in [0.4, 0.5) is 10.1 Å². The van der Waals surface area contributed by atoms with Crippen molar-refractivity contribution in [2.45, 2.75) is 84.8 Å². The van der Waals surface area contributed by atoms with Gasteiger partial charge in [-0.1, -0.05) is 56.8 Å². The van der Waals surface area contributed by atoms with Gasteiger partial charge in [0.1, 0.15) is 24.0 Å². The fraction of sp³-hybridized carbons (Fsp3) is 0.459. The molecule has 0 bridgehead atoms. The Kier molecular flexibility index (Phi) is 9.91. The molecule has 13 heteroatoms. The third-order valence-corrected chi connectivity index (χ3v) is 11.4. The van der Waals surface area contributed by atoms with Crippen molar-refractivity contribution in [2.75, 3.05) is 18.5 Å². The second-order valence-electron chi connectivity index (χ2n) is 15.0. The van der Waals surface area contributed by atoms with E-state index in [9.17, 15) is 14.0 Å².